The van der Waals surface area contributed by atoms with E-state index in [9.17, 15) is 24.0 Å². The van der Waals surface area contributed by atoms with Crippen molar-refractivity contribution in [2.24, 2.45) is 5.92 Å². The number of Topliss-reactive ketones (excluding diaryl/α,β-unsaturated/α-hetero) is 1. The molecule has 2 unspecified atom stereocenters. The van der Waals surface area contributed by atoms with Gasteiger partial charge < -0.3 is 10.1 Å². The number of benzene rings is 2. The summed E-state index contributed by atoms with van der Waals surface area (Å²) >= 11 is 0. The van der Waals surface area contributed by atoms with Crippen LogP contribution in [0.25, 0.3) is 0 Å². The van der Waals surface area contributed by atoms with Crippen LogP contribution in [0.5, 0.6) is 0 Å². The zero-order valence-corrected chi connectivity index (χ0v) is 17.1. The molecule has 1 aliphatic heterocycles. The number of nitrogens with one attached hydrogen (secondary N) is 2. The molecule has 3 rings (SSSR count). The van der Waals surface area contributed by atoms with Crippen LogP contribution in [0.2, 0.25) is 0 Å². The lowest BCUT2D eigenvalue weighted by Crippen LogP contribution is -2.30. The van der Waals surface area contributed by atoms with Crippen LogP contribution in [0.4, 0.5) is 5.69 Å². The van der Waals surface area contributed by atoms with Crippen molar-refractivity contribution in [1.29, 1.82) is 0 Å². The first-order chi connectivity index (χ1) is 14.7. The van der Waals surface area contributed by atoms with Crippen LogP contribution in [0.3, 0.4) is 0 Å². The molecule has 2 atom stereocenters. The summed E-state index contributed by atoms with van der Waals surface area (Å²) < 4.78 is 5.22. The Hall–Kier alpha value is -3.81. The quantitative estimate of drug-likeness (QED) is 0.401. The van der Waals surface area contributed by atoms with Gasteiger partial charge in [-0.15, -0.1) is 0 Å². The van der Waals surface area contributed by atoms with Gasteiger partial charge in [-0.05, 0) is 62.2 Å². The summed E-state index contributed by atoms with van der Waals surface area (Å²) in [4.78, 5) is 58.9. The number of carbonyl (C=O) groups is 5. The average Bonchev–Trinajstić information content (AvgIpc) is 3.05. The minimum atomic E-state index is -1.03. The molecule has 0 radical (unpaired) electrons. The summed E-state index contributed by atoms with van der Waals surface area (Å²) in [6.45, 7) is 2.91. The molecule has 0 bridgehead atoms. The molecule has 1 fully saturated rings. The first kappa shape index (κ1) is 21.9. The van der Waals surface area contributed by atoms with Crippen LogP contribution < -0.4 is 10.6 Å². The topological polar surface area (TPSA) is 119 Å². The smallest absolute Gasteiger partial charge is 0.338 e. The molecule has 1 saturated heterocycles. The minimum Gasteiger partial charge on any atom is -0.449 e. The molecule has 31 heavy (non-hydrogen) atoms. The van der Waals surface area contributed by atoms with Crippen LogP contribution in [-0.2, 0) is 25.5 Å². The zero-order valence-electron chi connectivity index (χ0n) is 17.1. The van der Waals surface area contributed by atoms with Gasteiger partial charge in [0, 0.05) is 17.7 Å². The van der Waals surface area contributed by atoms with E-state index >= 15 is 0 Å². The largest absolute Gasteiger partial charge is 0.449 e. The fourth-order valence-corrected chi connectivity index (χ4v) is 3.15. The third kappa shape index (κ3) is 5.63. The monoisotopic (exact) mass is 422 g/mol. The zero-order chi connectivity index (χ0) is 22.5. The lowest BCUT2D eigenvalue weighted by molar-refractivity contribution is -0.126. The number of esters is 1. The molecule has 8 nitrogen and oxygen atoms in total. The Morgan fingerprint density at radius 3 is 2.19 bits per heavy atom. The van der Waals surface area contributed by atoms with E-state index in [0.717, 1.165) is 5.56 Å². The van der Waals surface area contributed by atoms with E-state index in [-0.39, 0.29) is 29.6 Å². The number of hydrogen-bond donors (Lipinski definition) is 2. The minimum absolute atomic E-state index is 0.0776. The van der Waals surface area contributed by atoms with Gasteiger partial charge in [0.1, 0.15) is 0 Å². The number of hydrogen-bond acceptors (Lipinski definition) is 6. The average molecular weight is 422 g/mol. The maximum atomic E-state index is 12.3. The van der Waals surface area contributed by atoms with Gasteiger partial charge >= 0.3 is 5.97 Å². The lowest BCUT2D eigenvalue weighted by Gasteiger charge is -2.14. The van der Waals surface area contributed by atoms with Crippen LogP contribution in [0, 0.1) is 5.92 Å². The number of amides is 3. The summed E-state index contributed by atoms with van der Waals surface area (Å²) in [7, 11) is 0. The van der Waals surface area contributed by atoms with Crippen molar-refractivity contribution in [3.63, 3.8) is 0 Å². The molecule has 1 heterocycles. The Bertz CT molecular complexity index is 1030. The Morgan fingerprint density at radius 2 is 1.65 bits per heavy atom. The van der Waals surface area contributed by atoms with Gasteiger partial charge in [0.05, 0.1) is 11.5 Å². The van der Waals surface area contributed by atoms with Gasteiger partial charge in [0.2, 0.25) is 11.8 Å². The highest BCUT2D eigenvalue weighted by Crippen LogP contribution is 2.18. The number of anilines is 1. The molecular formula is C23H22N2O6. The van der Waals surface area contributed by atoms with Crippen LogP contribution >= 0.6 is 0 Å². The second kappa shape index (κ2) is 9.34. The van der Waals surface area contributed by atoms with Crippen molar-refractivity contribution in [2.75, 3.05) is 5.32 Å². The standard InChI is InChI=1S/C23H22N2O6/c1-13(26)16-7-9-19(10-8-16)24-21(28)14(2)31-23(30)17-5-3-15(4-6-17)11-18-12-20(27)25-22(18)29/h3-10,14,18H,11-12H2,1-2H3,(H,24,28)(H,25,27,29). The van der Waals surface area contributed by atoms with Crippen LogP contribution in [0.15, 0.2) is 48.5 Å². The van der Waals surface area contributed by atoms with Crippen LogP contribution in [-0.4, -0.2) is 35.6 Å². The predicted octanol–water partition coefficient (Wildman–Crippen LogP) is 2.28. The maximum Gasteiger partial charge on any atom is 0.338 e. The SMILES string of the molecule is CC(=O)c1ccc(NC(=O)C(C)OC(=O)c2ccc(CC3CC(=O)NC3=O)cc2)cc1. The van der Waals surface area contributed by atoms with Gasteiger partial charge in [0.15, 0.2) is 11.9 Å². The van der Waals surface area contributed by atoms with Crippen molar-refractivity contribution in [1.82, 2.24) is 5.32 Å². The molecule has 8 heteroatoms. The number of carbonyl (C=O) groups excluding carboxylic acids is 5. The summed E-state index contributed by atoms with van der Waals surface area (Å²) in [6.07, 6.45) is -0.478. The molecule has 2 N–H and O–H groups in total. The van der Waals surface area contributed by atoms with E-state index in [0.29, 0.717) is 17.7 Å². The van der Waals surface area contributed by atoms with Gasteiger partial charge in [-0.2, -0.15) is 0 Å². The van der Waals surface area contributed by atoms with E-state index in [4.69, 9.17) is 4.74 Å². The maximum absolute atomic E-state index is 12.3. The summed E-state index contributed by atoms with van der Waals surface area (Å²) in [5.74, 6) is -2.21. The van der Waals surface area contributed by atoms with Crippen molar-refractivity contribution in [3.05, 3.63) is 65.2 Å². The van der Waals surface area contributed by atoms with Crippen LogP contribution in [0.1, 0.15) is 46.5 Å². The molecule has 0 saturated carbocycles. The summed E-state index contributed by atoms with van der Waals surface area (Å²) in [5.41, 5.74) is 2.09. The highest BCUT2D eigenvalue weighted by molar-refractivity contribution is 6.03. The Balaban J connectivity index is 1.53. The summed E-state index contributed by atoms with van der Waals surface area (Å²) in [6, 6.07) is 12.9. The molecular weight excluding hydrogens is 400 g/mol. The second-order valence-corrected chi connectivity index (χ2v) is 7.38. The van der Waals surface area contributed by atoms with Gasteiger partial charge in [0.25, 0.3) is 5.91 Å². The normalized spacial score (nSPS) is 16.4. The van der Waals surface area contributed by atoms with E-state index < -0.39 is 23.9 Å². The van der Waals surface area contributed by atoms with E-state index in [1.165, 1.54) is 13.8 Å². The molecule has 1 aliphatic rings. The fraction of sp³-hybridized carbons (Fsp3) is 0.261. The molecule has 0 aliphatic carbocycles. The highest BCUT2D eigenvalue weighted by atomic mass is 16.5. The summed E-state index contributed by atoms with van der Waals surface area (Å²) in [5, 5.41) is 4.90. The highest BCUT2D eigenvalue weighted by Gasteiger charge is 2.30. The third-order valence-electron chi connectivity index (χ3n) is 4.95. The predicted molar refractivity (Wildman–Crippen MR) is 111 cm³/mol. The van der Waals surface area contributed by atoms with E-state index in [2.05, 4.69) is 10.6 Å². The Kier molecular flexibility index (Phi) is 6.59. The first-order valence-corrected chi connectivity index (χ1v) is 9.78. The molecule has 160 valence electrons. The van der Waals surface area contributed by atoms with Crippen molar-refractivity contribution in [2.45, 2.75) is 32.8 Å². The fourth-order valence-electron chi connectivity index (χ4n) is 3.15. The van der Waals surface area contributed by atoms with Gasteiger partial charge in [-0.25, -0.2) is 4.79 Å². The number of ether oxygens (including phenoxy) is 1. The molecule has 2 aromatic carbocycles. The molecule has 0 aromatic heterocycles. The van der Waals surface area contributed by atoms with Gasteiger partial charge in [-0.1, -0.05) is 12.1 Å². The van der Waals surface area contributed by atoms with Gasteiger partial charge in [-0.3, -0.25) is 24.5 Å². The van der Waals surface area contributed by atoms with E-state index in [1.54, 1.807) is 48.5 Å². The Labute approximate surface area is 179 Å². The lowest BCUT2D eigenvalue weighted by atomic mass is 9.97. The number of imide groups is 1. The number of ketones is 1. The Morgan fingerprint density at radius 1 is 1.03 bits per heavy atom. The molecule has 0 spiro atoms. The molecule has 2 aromatic rings. The first-order valence-electron chi connectivity index (χ1n) is 9.78. The van der Waals surface area contributed by atoms with E-state index in [1.807, 2.05) is 0 Å². The van der Waals surface area contributed by atoms with Crippen molar-refractivity contribution >= 4 is 35.2 Å². The van der Waals surface area contributed by atoms with Crippen molar-refractivity contribution in [3.8, 4) is 0 Å². The number of rotatable bonds is 7. The van der Waals surface area contributed by atoms with Crippen molar-refractivity contribution < 1.29 is 28.7 Å². The third-order valence-corrected chi connectivity index (χ3v) is 4.95. The molecule has 3 amide bonds. The second-order valence-electron chi connectivity index (χ2n) is 7.38.